The molecule has 154 valence electrons. The molecule has 0 saturated heterocycles. The highest BCUT2D eigenvalue weighted by atomic mass is 16.6. The molecule has 30 heavy (non-hydrogen) atoms. The number of hydrogen-bond donors (Lipinski definition) is 2. The minimum Gasteiger partial charge on any atom is -0.505 e. The van der Waals surface area contributed by atoms with Crippen molar-refractivity contribution in [2.75, 3.05) is 19.5 Å². The average molecular weight is 412 g/mol. The maximum absolute atomic E-state index is 12.7. The lowest BCUT2D eigenvalue weighted by molar-refractivity contribution is -0.384. The number of benzene rings is 2. The molecule has 11 nitrogen and oxygen atoms in total. The number of anilines is 1. The minimum atomic E-state index is -0.954. The number of nitrogens with zero attached hydrogens (tertiary/aromatic N) is 3. The number of aromatic nitrogens is 2. The molecule has 0 fully saturated rings. The van der Waals surface area contributed by atoms with Crippen LogP contribution in [0.25, 0.3) is 5.69 Å². The van der Waals surface area contributed by atoms with Gasteiger partial charge in [-0.3, -0.25) is 19.7 Å². The number of carbonyl (C=O) groups is 1. The van der Waals surface area contributed by atoms with Crippen molar-refractivity contribution in [1.82, 2.24) is 9.78 Å². The fraction of sp³-hybridized carbons (Fsp3) is 0.105. The molecule has 0 unspecified atom stereocenters. The van der Waals surface area contributed by atoms with Crippen molar-refractivity contribution < 1.29 is 24.3 Å². The Labute approximate surface area is 169 Å². The van der Waals surface area contributed by atoms with Gasteiger partial charge in [-0.05, 0) is 24.3 Å². The molecule has 3 rings (SSSR count). The van der Waals surface area contributed by atoms with Crippen molar-refractivity contribution >= 4 is 17.3 Å². The molecule has 1 amide bonds. The molecule has 1 aromatic heterocycles. The molecule has 0 spiro atoms. The van der Waals surface area contributed by atoms with Crippen LogP contribution >= 0.6 is 0 Å². The van der Waals surface area contributed by atoms with Gasteiger partial charge < -0.3 is 19.9 Å². The Morgan fingerprint density at radius 1 is 1.17 bits per heavy atom. The molecule has 0 saturated carbocycles. The van der Waals surface area contributed by atoms with E-state index >= 15 is 0 Å². The van der Waals surface area contributed by atoms with E-state index in [1.807, 2.05) is 0 Å². The number of nitrogens with one attached hydrogen (secondary N) is 1. The third-order valence-corrected chi connectivity index (χ3v) is 4.09. The summed E-state index contributed by atoms with van der Waals surface area (Å²) >= 11 is 0. The van der Waals surface area contributed by atoms with Crippen LogP contribution in [-0.4, -0.2) is 39.9 Å². The van der Waals surface area contributed by atoms with Gasteiger partial charge in [0.25, 0.3) is 17.2 Å². The zero-order chi connectivity index (χ0) is 21.8. The summed E-state index contributed by atoms with van der Waals surface area (Å²) in [5.41, 5.74) is -1.52. The molecular weight excluding hydrogens is 396 g/mol. The van der Waals surface area contributed by atoms with Gasteiger partial charge in [0.1, 0.15) is 22.9 Å². The first-order valence-corrected chi connectivity index (χ1v) is 8.46. The molecule has 3 aromatic rings. The van der Waals surface area contributed by atoms with Gasteiger partial charge in [0, 0.05) is 6.07 Å². The highest BCUT2D eigenvalue weighted by Gasteiger charge is 2.22. The predicted molar refractivity (Wildman–Crippen MR) is 106 cm³/mol. The van der Waals surface area contributed by atoms with Crippen molar-refractivity contribution in [2.24, 2.45) is 0 Å². The Bertz CT molecular complexity index is 1190. The molecule has 2 N–H and O–H groups in total. The lowest BCUT2D eigenvalue weighted by atomic mass is 10.2. The number of amides is 1. The van der Waals surface area contributed by atoms with Crippen molar-refractivity contribution in [1.29, 1.82) is 0 Å². The average Bonchev–Trinajstić information content (AvgIpc) is 2.73. The second-order valence-corrected chi connectivity index (χ2v) is 5.89. The number of carbonyl (C=O) groups excluding carboxylic acids is 1. The third-order valence-electron chi connectivity index (χ3n) is 4.09. The first-order valence-electron chi connectivity index (χ1n) is 8.46. The molecule has 0 radical (unpaired) electrons. The Morgan fingerprint density at radius 2 is 1.90 bits per heavy atom. The van der Waals surface area contributed by atoms with Crippen molar-refractivity contribution in [2.45, 2.75) is 0 Å². The summed E-state index contributed by atoms with van der Waals surface area (Å²) in [7, 11) is 2.75. The second-order valence-electron chi connectivity index (χ2n) is 5.89. The minimum absolute atomic E-state index is 0.137. The van der Waals surface area contributed by atoms with Crippen LogP contribution < -0.4 is 20.3 Å². The fourth-order valence-corrected chi connectivity index (χ4v) is 2.66. The highest BCUT2D eigenvalue weighted by Crippen LogP contribution is 2.30. The molecular formula is C19H16N4O7. The summed E-state index contributed by atoms with van der Waals surface area (Å²) < 4.78 is 11.0. The number of para-hydroxylation sites is 2. The molecule has 2 aromatic carbocycles. The van der Waals surface area contributed by atoms with Crippen LogP contribution in [-0.2, 0) is 0 Å². The number of ether oxygens (including phenoxy) is 2. The van der Waals surface area contributed by atoms with Gasteiger partial charge >= 0.3 is 0 Å². The fourth-order valence-electron chi connectivity index (χ4n) is 2.66. The van der Waals surface area contributed by atoms with Gasteiger partial charge in [-0.1, -0.05) is 12.1 Å². The number of nitro benzene ring substituents is 1. The second kappa shape index (κ2) is 8.31. The number of aromatic hydroxyl groups is 1. The Morgan fingerprint density at radius 3 is 2.57 bits per heavy atom. The van der Waals surface area contributed by atoms with Crippen LogP contribution in [0.5, 0.6) is 17.2 Å². The summed E-state index contributed by atoms with van der Waals surface area (Å²) in [4.78, 5) is 35.6. The van der Waals surface area contributed by atoms with Crippen LogP contribution in [0.1, 0.15) is 10.5 Å². The van der Waals surface area contributed by atoms with Crippen LogP contribution in [0.3, 0.4) is 0 Å². The summed E-state index contributed by atoms with van der Waals surface area (Å²) in [5, 5.41) is 27.6. The Kier molecular flexibility index (Phi) is 5.63. The van der Waals surface area contributed by atoms with Gasteiger partial charge in [0.05, 0.1) is 25.2 Å². The number of hydrogen-bond acceptors (Lipinski definition) is 8. The van der Waals surface area contributed by atoms with Gasteiger partial charge in [0.15, 0.2) is 11.4 Å². The monoisotopic (exact) mass is 412 g/mol. The Balaban J connectivity index is 2.04. The van der Waals surface area contributed by atoms with Crippen molar-refractivity contribution in [3.8, 4) is 22.9 Å². The number of nitro groups is 1. The smallest absolute Gasteiger partial charge is 0.296 e. The maximum atomic E-state index is 12.7. The first kappa shape index (κ1) is 20.3. The molecule has 1 heterocycles. The van der Waals surface area contributed by atoms with E-state index in [2.05, 4.69) is 10.4 Å². The molecule has 0 aliphatic carbocycles. The summed E-state index contributed by atoms with van der Waals surface area (Å²) in [6.45, 7) is 0. The van der Waals surface area contributed by atoms with Gasteiger partial charge in [0.2, 0.25) is 0 Å². The standard InChI is InChI=1S/C19H16N4O7/c1-29-11-7-8-12(14(9-11)23(27)28)20-19(26)18-15(24)10-17(25)22(21-18)13-5-3-4-6-16(13)30-2/h3-10,24H,1-2H3,(H,20,26). The molecule has 0 atom stereocenters. The zero-order valence-corrected chi connectivity index (χ0v) is 15.9. The third kappa shape index (κ3) is 3.90. The predicted octanol–water partition coefficient (Wildman–Crippen LogP) is 2.12. The van der Waals surface area contributed by atoms with Crippen molar-refractivity contribution in [3.05, 3.63) is 74.7 Å². The molecule has 0 bridgehead atoms. The highest BCUT2D eigenvalue weighted by molar-refractivity contribution is 6.05. The molecule has 11 heteroatoms. The summed E-state index contributed by atoms with van der Waals surface area (Å²) in [5.74, 6) is -1.09. The molecule has 0 aliphatic heterocycles. The van der Waals surface area contributed by atoms with Crippen LogP contribution in [0.15, 0.2) is 53.3 Å². The van der Waals surface area contributed by atoms with Crippen LogP contribution in [0.2, 0.25) is 0 Å². The SMILES string of the molecule is COc1ccc(NC(=O)c2nn(-c3ccccc3OC)c(=O)cc2O)c([N+](=O)[O-])c1. The van der Waals surface area contributed by atoms with Crippen LogP contribution in [0.4, 0.5) is 11.4 Å². The number of rotatable bonds is 6. The van der Waals surface area contributed by atoms with Gasteiger partial charge in [-0.25, -0.2) is 0 Å². The van der Waals surface area contributed by atoms with E-state index in [0.29, 0.717) is 5.75 Å². The van der Waals surface area contributed by atoms with E-state index in [1.165, 1.54) is 26.4 Å². The van der Waals surface area contributed by atoms with E-state index in [4.69, 9.17) is 9.47 Å². The van der Waals surface area contributed by atoms with E-state index in [0.717, 1.165) is 16.8 Å². The van der Waals surface area contributed by atoms with E-state index in [1.54, 1.807) is 24.3 Å². The maximum Gasteiger partial charge on any atom is 0.296 e. The van der Waals surface area contributed by atoms with Gasteiger partial charge in [-0.15, -0.1) is 0 Å². The number of methoxy groups -OCH3 is 2. The zero-order valence-electron chi connectivity index (χ0n) is 15.9. The quantitative estimate of drug-likeness (QED) is 0.462. The van der Waals surface area contributed by atoms with E-state index < -0.39 is 33.5 Å². The topological polar surface area (TPSA) is 146 Å². The van der Waals surface area contributed by atoms with Gasteiger partial charge in [-0.2, -0.15) is 9.78 Å². The molecule has 0 aliphatic rings. The lowest BCUT2D eigenvalue weighted by Gasteiger charge is -2.12. The van der Waals surface area contributed by atoms with E-state index in [9.17, 15) is 24.8 Å². The Hall–Kier alpha value is -4.41. The lowest BCUT2D eigenvalue weighted by Crippen LogP contribution is -2.25. The summed E-state index contributed by atoms with van der Waals surface area (Å²) in [6, 6.07) is 11.1. The first-order chi connectivity index (χ1) is 14.3. The van der Waals surface area contributed by atoms with Crippen LogP contribution in [0, 0.1) is 10.1 Å². The normalized spacial score (nSPS) is 10.3. The van der Waals surface area contributed by atoms with E-state index in [-0.39, 0.29) is 17.1 Å². The summed E-state index contributed by atoms with van der Waals surface area (Å²) in [6.07, 6.45) is 0. The van der Waals surface area contributed by atoms with Crippen molar-refractivity contribution in [3.63, 3.8) is 0 Å². The largest absolute Gasteiger partial charge is 0.505 e.